The molecule has 0 aliphatic carbocycles. The quantitative estimate of drug-likeness (QED) is 0.781. The lowest BCUT2D eigenvalue weighted by atomic mass is 10.3. The first kappa shape index (κ1) is 13.9. The summed E-state index contributed by atoms with van der Waals surface area (Å²) in [4.78, 5) is 30.5. The van der Waals surface area contributed by atoms with Crippen LogP contribution in [0.15, 0.2) is 23.7 Å². The Balaban J connectivity index is 2.06. The molecule has 7 nitrogen and oxygen atoms in total. The van der Waals surface area contributed by atoms with E-state index >= 15 is 0 Å². The number of aromatic nitrogens is 2. The molecule has 0 spiro atoms. The normalized spacial score (nSPS) is 11.8. The number of hydrogen-bond acceptors (Lipinski definition) is 6. The van der Waals surface area contributed by atoms with Gasteiger partial charge in [-0.1, -0.05) is 0 Å². The van der Waals surface area contributed by atoms with Crippen molar-refractivity contribution in [1.29, 1.82) is 0 Å². The SMILES string of the molecule is CC(NC(=O)c1ccc(N)cn1)c1nc(C(=O)O)cs1. The van der Waals surface area contributed by atoms with E-state index in [-0.39, 0.29) is 17.3 Å². The number of nitrogens with two attached hydrogens (primary N) is 1. The fourth-order valence-electron chi connectivity index (χ4n) is 1.46. The molecule has 2 aromatic heterocycles. The summed E-state index contributed by atoms with van der Waals surface area (Å²) in [6.45, 7) is 1.72. The first-order valence-corrected chi connectivity index (χ1v) is 6.56. The van der Waals surface area contributed by atoms with Crippen molar-refractivity contribution >= 4 is 28.9 Å². The number of carboxylic acid groups (broad SMARTS) is 1. The number of nitrogen functional groups attached to an aromatic ring is 1. The second-order valence-electron chi connectivity index (χ2n) is 4.05. The van der Waals surface area contributed by atoms with Crippen LogP contribution in [0.3, 0.4) is 0 Å². The number of nitrogens with one attached hydrogen (secondary N) is 1. The molecule has 1 unspecified atom stereocenters. The molecular weight excluding hydrogens is 280 g/mol. The first-order chi connectivity index (χ1) is 9.47. The number of aromatic carboxylic acids is 1. The van der Waals surface area contributed by atoms with Gasteiger partial charge in [0, 0.05) is 5.38 Å². The Hall–Kier alpha value is -2.48. The van der Waals surface area contributed by atoms with Crippen molar-refractivity contribution in [3.63, 3.8) is 0 Å². The summed E-state index contributed by atoms with van der Waals surface area (Å²) in [5.41, 5.74) is 6.17. The van der Waals surface area contributed by atoms with Gasteiger partial charge in [0.25, 0.3) is 5.91 Å². The van der Waals surface area contributed by atoms with Gasteiger partial charge < -0.3 is 16.2 Å². The zero-order valence-electron chi connectivity index (χ0n) is 10.5. The minimum atomic E-state index is -1.09. The van der Waals surface area contributed by atoms with Crippen molar-refractivity contribution in [3.05, 3.63) is 40.1 Å². The lowest BCUT2D eigenvalue weighted by molar-refractivity contribution is 0.0691. The monoisotopic (exact) mass is 292 g/mol. The van der Waals surface area contributed by atoms with E-state index < -0.39 is 12.0 Å². The molecular formula is C12H12N4O3S. The minimum absolute atomic E-state index is 0.0308. The molecule has 1 amide bonds. The third-order valence-corrected chi connectivity index (χ3v) is 3.51. The van der Waals surface area contributed by atoms with E-state index in [1.807, 2.05) is 0 Å². The molecule has 0 aliphatic rings. The van der Waals surface area contributed by atoms with Crippen molar-refractivity contribution in [2.24, 2.45) is 0 Å². The Morgan fingerprint density at radius 3 is 2.70 bits per heavy atom. The molecule has 0 aromatic carbocycles. The van der Waals surface area contributed by atoms with Crippen LogP contribution < -0.4 is 11.1 Å². The predicted octanol–water partition coefficient (Wildman–Crippen LogP) is 1.31. The highest BCUT2D eigenvalue weighted by atomic mass is 32.1. The number of pyridine rings is 1. The van der Waals surface area contributed by atoms with Crippen LogP contribution in [0, 0.1) is 0 Å². The zero-order chi connectivity index (χ0) is 14.7. The van der Waals surface area contributed by atoms with Crippen molar-refractivity contribution < 1.29 is 14.7 Å². The number of carbonyl (C=O) groups is 2. The average Bonchev–Trinajstić information content (AvgIpc) is 2.89. The summed E-state index contributed by atoms with van der Waals surface area (Å²) >= 11 is 1.18. The van der Waals surface area contributed by atoms with Crippen molar-refractivity contribution in [3.8, 4) is 0 Å². The van der Waals surface area contributed by atoms with Crippen LogP contribution >= 0.6 is 11.3 Å². The Labute approximate surface area is 118 Å². The van der Waals surface area contributed by atoms with Gasteiger partial charge in [0.15, 0.2) is 5.69 Å². The van der Waals surface area contributed by atoms with Crippen molar-refractivity contribution in [2.45, 2.75) is 13.0 Å². The van der Waals surface area contributed by atoms with Gasteiger partial charge in [-0.3, -0.25) is 4.79 Å². The molecule has 104 valence electrons. The Kier molecular flexibility index (Phi) is 3.94. The third-order valence-electron chi connectivity index (χ3n) is 2.48. The maximum absolute atomic E-state index is 11.9. The molecule has 8 heteroatoms. The van der Waals surface area contributed by atoms with Crippen molar-refractivity contribution in [2.75, 3.05) is 5.73 Å². The zero-order valence-corrected chi connectivity index (χ0v) is 11.3. The molecule has 0 saturated carbocycles. The Morgan fingerprint density at radius 2 is 2.15 bits per heavy atom. The largest absolute Gasteiger partial charge is 0.476 e. The van der Waals surface area contributed by atoms with E-state index in [1.165, 1.54) is 29.0 Å². The molecule has 1 atom stereocenters. The number of carboxylic acids is 1. The fourth-order valence-corrected chi connectivity index (χ4v) is 2.26. The number of thiazole rings is 1. The summed E-state index contributed by atoms with van der Waals surface area (Å²) < 4.78 is 0. The maximum atomic E-state index is 11.9. The second kappa shape index (κ2) is 5.66. The molecule has 0 aliphatic heterocycles. The van der Waals surface area contributed by atoms with Gasteiger partial charge in [0.1, 0.15) is 10.7 Å². The smallest absolute Gasteiger partial charge is 0.355 e. The van der Waals surface area contributed by atoms with Crippen molar-refractivity contribution in [1.82, 2.24) is 15.3 Å². The van der Waals surface area contributed by atoms with Crippen LogP contribution in [0.2, 0.25) is 0 Å². The van der Waals surface area contributed by atoms with Gasteiger partial charge in [-0.2, -0.15) is 0 Å². The molecule has 0 radical (unpaired) electrons. The van der Waals surface area contributed by atoms with Gasteiger partial charge >= 0.3 is 5.97 Å². The van der Waals surface area contributed by atoms with Crippen LogP contribution in [-0.4, -0.2) is 27.0 Å². The van der Waals surface area contributed by atoms with E-state index in [1.54, 1.807) is 13.0 Å². The highest BCUT2D eigenvalue weighted by Crippen LogP contribution is 2.18. The average molecular weight is 292 g/mol. The fraction of sp³-hybridized carbons (Fsp3) is 0.167. The highest BCUT2D eigenvalue weighted by Gasteiger charge is 2.17. The summed E-state index contributed by atoms with van der Waals surface area (Å²) in [6.07, 6.45) is 1.39. The van der Waals surface area contributed by atoms with Crippen LogP contribution in [-0.2, 0) is 0 Å². The third kappa shape index (κ3) is 3.09. The molecule has 2 aromatic rings. The number of rotatable bonds is 4. The maximum Gasteiger partial charge on any atom is 0.355 e. The summed E-state index contributed by atoms with van der Waals surface area (Å²) in [5.74, 6) is -1.46. The van der Waals surface area contributed by atoms with Crippen LogP contribution in [0.25, 0.3) is 0 Å². The second-order valence-corrected chi connectivity index (χ2v) is 4.94. The lowest BCUT2D eigenvalue weighted by Crippen LogP contribution is -2.27. The minimum Gasteiger partial charge on any atom is -0.476 e. The Morgan fingerprint density at radius 1 is 1.40 bits per heavy atom. The number of amides is 1. The molecule has 0 saturated heterocycles. The molecule has 2 heterocycles. The standard InChI is InChI=1S/C12H12N4O3S/c1-6(11-16-9(5-20-11)12(18)19)15-10(17)8-3-2-7(13)4-14-8/h2-6H,13H2,1H3,(H,15,17)(H,18,19). The molecule has 0 bridgehead atoms. The molecule has 20 heavy (non-hydrogen) atoms. The van der Waals surface area contributed by atoms with E-state index in [9.17, 15) is 9.59 Å². The highest BCUT2D eigenvalue weighted by molar-refractivity contribution is 7.09. The number of anilines is 1. The van der Waals surface area contributed by atoms with E-state index in [2.05, 4.69) is 15.3 Å². The van der Waals surface area contributed by atoms with Crippen LogP contribution in [0.4, 0.5) is 5.69 Å². The Bertz CT molecular complexity index is 638. The summed E-state index contributed by atoms with van der Waals surface area (Å²) in [6, 6.07) is 2.69. The summed E-state index contributed by atoms with van der Waals surface area (Å²) in [7, 11) is 0. The van der Waals surface area contributed by atoms with Crippen LogP contribution in [0.5, 0.6) is 0 Å². The molecule has 4 N–H and O–H groups in total. The first-order valence-electron chi connectivity index (χ1n) is 5.68. The van der Waals surface area contributed by atoms with Gasteiger partial charge in [-0.15, -0.1) is 11.3 Å². The lowest BCUT2D eigenvalue weighted by Gasteiger charge is -2.10. The van der Waals surface area contributed by atoms with E-state index in [4.69, 9.17) is 10.8 Å². The summed E-state index contributed by atoms with van der Waals surface area (Å²) in [5, 5.41) is 13.4. The van der Waals surface area contributed by atoms with E-state index in [0.717, 1.165) is 0 Å². The van der Waals surface area contributed by atoms with Gasteiger partial charge in [0.05, 0.1) is 17.9 Å². The number of nitrogens with zero attached hydrogens (tertiary/aromatic N) is 2. The number of hydrogen-bond donors (Lipinski definition) is 3. The van der Waals surface area contributed by atoms with E-state index in [0.29, 0.717) is 10.7 Å². The van der Waals surface area contributed by atoms with Gasteiger partial charge in [0.2, 0.25) is 0 Å². The van der Waals surface area contributed by atoms with Gasteiger partial charge in [-0.25, -0.2) is 14.8 Å². The van der Waals surface area contributed by atoms with Gasteiger partial charge in [-0.05, 0) is 19.1 Å². The molecule has 0 fully saturated rings. The van der Waals surface area contributed by atoms with Crippen LogP contribution in [0.1, 0.15) is 39.0 Å². The topological polar surface area (TPSA) is 118 Å². The predicted molar refractivity (Wildman–Crippen MR) is 73.6 cm³/mol. The number of carbonyl (C=O) groups excluding carboxylic acids is 1. The molecule has 2 rings (SSSR count).